The number of nitrogens with one attached hydrogen (secondary N) is 2. The molecule has 0 unspecified atom stereocenters. The molecule has 0 saturated heterocycles. The molecule has 3 heterocycles. The number of pyridine rings is 1. The monoisotopic (exact) mass is 376 g/mol. The summed E-state index contributed by atoms with van der Waals surface area (Å²) < 4.78 is 28.6. The van der Waals surface area contributed by atoms with Gasteiger partial charge in [-0.2, -0.15) is 0 Å². The Bertz CT molecular complexity index is 993. The SMILES string of the molecule is Cc1cc(Nc2cc(N)ncn2)c(=O)n2c1C(=O)NC21CCC(F)(F)CC1. The highest BCUT2D eigenvalue weighted by Crippen LogP contribution is 2.43. The van der Waals surface area contributed by atoms with Gasteiger partial charge >= 0.3 is 0 Å². The third kappa shape index (κ3) is 2.81. The first-order chi connectivity index (χ1) is 12.7. The van der Waals surface area contributed by atoms with Crippen molar-refractivity contribution in [2.24, 2.45) is 0 Å². The van der Waals surface area contributed by atoms with Crippen LogP contribution in [0.25, 0.3) is 0 Å². The van der Waals surface area contributed by atoms with Gasteiger partial charge < -0.3 is 16.4 Å². The van der Waals surface area contributed by atoms with E-state index in [0.717, 1.165) is 0 Å². The maximum absolute atomic E-state index is 13.7. The molecule has 10 heteroatoms. The first kappa shape index (κ1) is 17.4. The highest BCUT2D eigenvalue weighted by molar-refractivity contribution is 5.97. The summed E-state index contributed by atoms with van der Waals surface area (Å²) in [4.78, 5) is 33.4. The minimum atomic E-state index is -2.79. The molecule has 0 radical (unpaired) electrons. The lowest BCUT2D eigenvalue weighted by Gasteiger charge is -2.38. The average molecular weight is 376 g/mol. The van der Waals surface area contributed by atoms with Crippen molar-refractivity contribution in [3.8, 4) is 0 Å². The van der Waals surface area contributed by atoms with Gasteiger partial charge in [0.05, 0.1) is 0 Å². The maximum Gasteiger partial charge on any atom is 0.276 e. The molecule has 1 fully saturated rings. The zero-order valence-corrected chi connectivity index (χ0v) is 14.6. The van der Waals surface area contributed by atoms with Gasteiger partial charge in [-0.3, -0.25) is 14.2 Å². The van der Waals surface area contributed by atoms with Crippen LogP contribution in [0.3, 0.4) is 0 Å². The molecule has 1 aliphatic carbocycles. The summed E-state index contributed by atoms with van der Waals surface area (Å²) in [7, 11) is 0. The smallest absolute Gasteiger partial charge is 0.276 e. The average Bonchev–Trinajstić information content (AvgIpc) is 2.89. The summed E-state index contributed by atoms with van der Waals surface area (Å²) in [5, 5.41) is 5.66. The predicted octanol–water partition coefficient (Wildman–Crippen LogP) is 1.88. The first-order valence-corrected chi connectivity index (χ1v) is 8.53. The topological polar surface area (TPSA) is 115 Å². The Morgan fingerprint density at radius 1 is 1.19 bits per heavy atom. The van der Waals surface area contributed by atoms with E-state index in [9.17, 15) is 18.4 Å². The number of nitrogens with zero attached hydrogens (tertiary/aromatic N) is 3. The van der Waals surface area contributed by atoms with E-state index in [4.69, 9.17) is 5.73 Å². The number of nitrogen functional groups attached to an aromatic ring is 1. The molecule has 0 bridgehead atoms. The van der Waals surface area contributed by atoms with E-state index >= 15 is 0 Å². The highest BCUT2D eigenvalue weighted by atomic mass is 19.3. The summed E-state index contributed by atoms with van der Waals surface area (Å²) in [5.41, 5.74) is 4.97. The second-order valence-corrected chi connectivity index (χ2v) is 7.02. The van der Waals surface area contributed by atoms with Crippen molar-refractivity contribution < 1.29 is 13.6 Å². The summed E-state index contributed by atoms with van der Waals surface area (Å²) >= 11 is 0. The van der Waals surface area contributed by atoms with Crippen LogP contribution in [-0.4, -0.2) is 26.4 Å². The van der Waals surface area contributed by atoms with Crippen LogP contribution in [0.15, 0.2) is 23.3 Å². The van der Waals surface area contributed by atoms with Crippen LogP contribution >= 0.6 is 0 Å². The maximum atomic E-state index is 13.7. The normalized spacial score (nSPS) is 19.6. The molecular weight excluding hydrogens is 358 g/mol. The Kier molecular flexibility index (Phi) is 3.69. The van der Waals surface area contributed by atoms with Crippen molar-refractivity contribution in [1.82, 2.24) is 19.9 Å². The van der Waals surface area contributed by atoms with Gasteiger partial charge in [0.1, 0.15) is 35.0 Å². The molecule has 4 rings (SSSR count). The summed E-state index contributed by atoms with van der Waals surface area (Å²) in [5.74, 6) is -2.66. The second-order valence-electron chi connectivity index (χ2n) is 7.02. The lowest BCUT2D eigenvalue weighted by atomic mass is 9.86. The molecule has 1 saturated carbocycles. The van der Waals surface area contributed by atoms with Gasteiger partial charge in [0.15, 0.2) is 0 Å². The minimum Gasteiger partial charge on any atom is -0.384 e. The number of carbonyl (C=O) groups excluding carboxylic acids is 1. The number of halogens is 2. The zero-order chi connectivity index (χ0) is 19.4. The third-order valence-corrected chi connectivity index (χ3v) is 5.14. The van der Waals surface area contributed by atoms with Gasteiger partial charge in [0.25, 0.3) is 11.5 Å². The van der Waals surface area contributed by atoms with E-state index in [0.29, 0.717) is 11.4 Å². The number of rotatable bonds is 2. The van der Waals surface area contributed by atoms with Crippen LogP contribution in [0.5, 0.6) is 0 Å². The van der Waals surface area contributed by atoms with Crippen LogP contribution in [0, 0.1) is 6.92 Å². The van der Waals surface area contributed by atoms with Crippen molar-refractivity contribution in [2.75, 3.05) is 11.1 Å². The van der Waals surface area contributed by atoms with E-state index < -0.39 is 35.9 Å². The van der Waals surface area contributed by atoms with Crippen molar-refractivity contribution in [1.29, 1.82) is 0 Å². The van der Waals surface area contributed by atoms with Crippen molar-refractivity contribution in [3.05, 3.63) is 40.1 Å². The second kappa shape index (κ2) is 5.73. The number of anilines is 3. The predicted molar refractivity (Wildman–Crippen MR) is 94.0 cm³/mol. The molecule has 142 valence electrons. The van der Waals surface area contributed by atoms with Crippen LogP contribution < -0.4 is 21.9 Å². The number of hydrogen-bond acceptors (Lipinski definition) is 6. The molecule has 8 nitrogen and oxygen atoms in total. The number of hydrogen-bond donors (Lipinski definition) is 3. The van der Waals surface area contributed by atoms with Gasteiger partial charge in [0, 0.05) is 18.9 Å². The Hall–Kier alpha value is -3.04. The molecule has 0 atom stereocenters. The number of alkyl halides is 2. The Balaban J connectivity index is 1.81. The minimum absolute atomic E-state index is 0.0119. The molecule has 1 spiro atoms. The van der Waals surface area contributed by atoms with Crippen molar-refractivity contribution in [3.63, 3.8) is 0 Å². The molecule has 1 aliphatic heterocycles. The first-order valence-electron chi connectivity index (χ1n) is 8.53. The number of nitrogens with two attached hydrogens (primary N) is 1. The van der Waals surface area contributed by atoms with Gasteiger partial charge in [0.2, 0.25) is 5.92 Å². The molecular formula is C17H18F2N6O2. The number of carbonyl (C=O) groups is 1. The van der Waals surface area contributed by atoms with Gasteiger partial charge in [-0.25, -0.2) is 18.7 Å². The molecule has 0 aromatic carbocycles. The van der Waals surface area contributed by atoms with E-state index in [2.05, 4.69) is 20.6 Å². The fourth-order valence-electron chi connectivity index (χ4n) is 3.81. The number of fused-ring (bicyclic) bond motifs is 2. The van der Waals surface area contributed by atoms with Gasteiger partial charge in [-0.15, -0.1) is 0 Å². The Labute approximate surface area is 152 Å². The third-order valence-electron chi connectivity index (χ3n) is 5.14. The number of aryl methyl sites for hydroxylation is 1. The Morgan fingerprint density at radius 2 is 1.89 bits per heavy atom. The van der Waals surface area contributed by atoms with Crippen LogP contribution in [0.1, 0.15) is 41.7 Å². The largest absolute Gasteiger partial charge is 0.384 e. The molecule has 2 aliphatic rings. The summed E-state index contributed by atoms with van der Waals surface area (Å²) in [6.45, 7) is 1.70. The molecule has 2 aromatic heterocycles. The van der Waals surface area contributed by atoms with E-state index in [1.54, 1.807) is 13.0 Å². The van der Waals surface area contributed by atoms with E-state index in [-0.39, 0.29) is 30.0 Å². The molecule has 1 amide bonds. The molecule has 4 N–H and O–H groups in total. The molecule has 27 heavy (non-hydrogen) atoms. The van der Waals surface area contributed by atoms with Crippen molar-refractivity contribution in [2.45, 2.75) is 44.2 Å². The fourth-order valence-corrected chi connectivity index (χ4v) is 3.81. The van der Waals surface area contributed by atoms with E-state index in [1.807, 2.05) is 0 Å². The van der Waals surface area contributed by atoms with Crippen LogP contribution in [0.4, 0.5) is 26.1 Å². The zero-order valence-electron chi connectivity index (χ0n) is 14.6. The quantitative estimate of drug-likeness (QED) is 0.737. The Morgan fingerprint density at radius 3 is 2.56 bits per heavy atom. The summed E-state index contributed by atoms with van der Waals surface area (Å²) in [6.07, 6.45) is 0.450. The number of aromatic nitrogens is 3. The van der Waals surface area contributed by atoms with E-state index in [1.165, 1.54) is 17.0 Å². The van der Waals surface area contributed by atoms with Gasteiger partial charge in [-0.1, -0.05) is 0 Å². The lowest BCUT2D eigenvalue weighted by Crippen LogP contribution is -2.51. The number of amides is 1. The van der Waals surface area contributed by atoms with Crippen LogP contribution in [0.2, 0.25) is 0 Å². The summed E-state index contributed by atoms with van der Waals surface area (Å²) in [6, 6.07) is 3.01. The van der Waals surface area contributed by atoms with Crippen LogP contribution in [-0.2, 0) is 5.66 Å². The van der Waals surface area contributed by atoms with Crippen molar-refractivity contribution >= 4 is 23.2 Å². The fraction of sp³-hybridized carbons (Fsp3) is 0.412. The molecule has 2 aromatic rings. The lowest BCUT2D eigenvalue weighted by molar-refractivity contribution is -0.0667. The highest BCUT2D eigenvalue weighted by Gasteiger charge is 2.50. The standard InChI is InChI=1S/C17H18F2N6O2/c1-9-6-10(23-12-7-11(20)21-8-22-12)15(27)25-13(9)14(26)24-17(25)4-2-16(18,19)3-5-17/h6-8H,2-5H2,1H3,(H,24,26)(H3,20,21,22,23). The van der Waals surface area contributed by atoms with Gasteiger partial charge in [-0.05, 0) is 31.4 Å².